The lowest BCUT2D eigenvalue weighted by molar-refractivity contribution is 0.0598. The lowest BCUT2D eigenvalue weighted by atomic mass is 9.99. The van der Waals surface area contributed by atoms with Crippen LogP contribution in [0, 0.1) is 6.92 Å². The van der Waals surface area contributed by atoms with E-state index in [1.165, 1.54) is 14.1 Å². The second kappa shape index (κ2) is 7.95. The Morgan fingerprint density at radius 3 is 2.85 bits per heavy atom. The summed E-state index contributed by atoms with van der Waals surface area (Å²) in [6.45, 7) is 2.95. The standard InChI is InChI=1S/C18H27N5O3S/c1-14-7-6-11-22-13-16(20-17(14)22)18(24)23-12-5-4-8-15(23)9-10-19-27(25,26)21(2)3/h6-7,11,13,15,19H,4-5,8-10,12H2,1-3H3/t15-/m1/s1. The van der Waals surface area contributed by atoms with E-state index in [9.17, 15) is 13.2 Å². The van der Waals surface area contributed by atoms with Crippen molar-refractivity contribution >= 4 is 21.8 Å². The number of piperidine rings is 1. The van der Waals surface area contributed by atoms with Crippen molar-refractivity contribution < 1.29 is 13.2 Å². The van der Waals surface area contributed by atoms with Gasteiger partial charge in [-0.3, -0.25) is 4.79 Å². The van der Waals surface area contributed by atoms with Gasteiger partial charge in [-0.15, -0.1) is 0 Å². The first-order chi connectivity index (χ1) is 12.8. The van der Waals surface area contributed by atoms with Gasteiger partial charge in [0.2, 0.25) is 0 Å². The molecule has 1 N–H and O–H groups in total. The molecule has 2 aromatic heterocycles. The van der Waals surface area contributed by atoms with E-state index in [0.29, 0.717) is 25.2 Å². The Hall–Kier alpha value is -1.97. The number of hydrogen-bond donors (Lipinski definition) is 1. The third-order valence-electron chi connectivity index (χ3n) is 5.03. The molecule has 1 fully saturated rings. The largest absolute Gasteiger partial charge is 0.334 e. The topological polar surface area (TPSA) is 87.0 Å². The molecule has 0 aromatic carbocycles. The van der Waals surface area contributed by atoms with Crippen molar-refractivity contribution in [3.05, 3.63) is 35.8 Å². The zero-order chi connectivity index (χ0) is 19.6. The Morgan fingerprint density at radius 1 is 1.37 bits per heavy atom. The summed E-state index contributed by atoms with van der Waals surface area (Å²) in [5.41, 5.74) is 2.24. The fourth-order valence-corrected chi connectivity index (χ4v) is 4.09. The third-order valence-corrected chi connectivity index (χ3v) is 6.56. The summed E-state index contributed by atoms with van der Waals surface area (Å²) in [6, 6.07) is 3.91. The molecule has 1 saturated heterocycles. The number of aryl methyl sites for hydroxylation is 1. The molecular formula is C18H27N5O3S. The van der Waals surface area contributed by atoms with E-state index in [1.54, 1.807) is 6.20 Å². The first-order valence-electron chi connectivity index (χ1n) is 9.22. The lowest BCUT2D eigenvalue weighted by Gasteiger charge is -2.35. The smallest absolute Gasteiger partial charge is 0.278 e. The number of fused-ring (bicyclic) bond motifs is 1. The van der Waals surface area contributed by atoms with Crippen molar-refractivity contribution in [2.45, 2.75) is 38.6 Å². The Morgan fingerprint density at radius 2 is 2.15 bits per heavy atom. The van der Waals surface area contributed by atoms with Crippen LogP contribution < -0.4 is 4.72 Å². The molecule has 8 nitrogen and oxygen atoms in total. The molecule has 148 valence electrons. The van der Waals surface area contributed by atoms with Crippen molar-refractivity contribution in [3.8, 4) is 0 Å². The normalized spacial score (nSPS) is 18.4. The Bertz CT molecular complexity index is 922. The average Bonchev–Trinajstić information content (AvgIpc) is 3.07. The van der Waals surface area contributed by atoms with E-state index in [2.05, 4.69) is 9.71 Å². The summed E-state index contributed by atoms with van der Waals surface area (Å²) < 4.78 is 29.3. The molecular weight excluding hydrogens is 366 g/mol. The third kappa shape index (κ3) is 4.31. The lowest BCUT2D eigenvalue weighted by Crippen LogP contribution is -2.46. The second-order valence-electron chi connectivity index (χ2n) is 7.17. The zero-order valence-electron chi connectivity index (χ0n) is 16.1. The summed E-state index contributed by atoms with van der Waals surface area (Å²) >= 11 is 0. The molecule has 3 heterocycles. The molecule has 1 aliphatic rings. The quantitative estimate of drug-likeness (QED) is 0.804. The van der Waals surface area contributed by atoms with Crippen LogP contribution in [-0.2, 0) is 10.2 Å². The summed E-state index contributed by atoms with van der Waals surface area (Å²) in [5, 5.41) is 0. The molecule has 1 atom stereocenters. The number of rotatable bonds is 6. The maximum Gasteiger partial charge on any atom is 0.278 e. The van der Waals surface area contributed by atoms with Crippen molar-refractivity contribution in [2.24, 2.45) is 0 Å². The number of nitrogens with one attached hydrogen (secondary N) is 1. The molecule has 0 unspecified atom stereocenters. The maximum absolute atomic E-state index is 13.1. The minimum atomic E-state index is -3.45. The Labute approximate surface area is 160 Å². The number of hydrogen-bond acceptors (Lipinski definition) is 4. The van der Waals surface area contributed by atoms with E-state index in [-0.39, 0.29) is 11.9 Å². The van der Waals surface area contributed by atoms with E-state index in [1.807, 2.05) is 34.6 Å². The highest BCUT2D eigenvalue weighted by molar-refractivity contribution is 7.87. The van der Waals surface area contributed by atoms with Gasteiger partial charge in [0.15, 0.2) is 0 Å². The van der Waals surface area contributed by atoms with Crippen LogP contribution in [0.15, 0.2) is 24.5 Å². The van der Waals surface area contributed by atoms with Gasteiger partial charge in [-0.05, 0) is 44.2 Å². The van der Waals surface area contributed by atoms with Crippen LogP contribution in [0.5, 0.6) is 0 Å². The molecule has 0 saturated carbocycles. The minimum absolute atomic E-state index is 0.0158. The van der Waals surface area contributed by atoms with E-state index >= 15 is 0 Å². The number of carbonyl (C=O) groups is 1. The van der Waals surface area contributed by atoms with Crippen molar-refractivity contribution in [1.29, 1.82) is 0 Å². The number of nitrogens with zero attached hydrogens (tertiary/aromatic N) is 4. The summed E-state index contributed by atoms with van der Waals surface area (Å²) in [7, 11) is -0.466. The van der Waals surface area contributed by atoms with E-state index in [4.69, 9.17) is 0 Å². The van der Waals surface area contributed by atoms with Gasteiger partial charge in [0.05, 0.1) is 0 Å². The summed E-state index contributed by atoms with van der Waals surface area (Å²) in [4.78, 5) is 19.4. The number of amides is 1. The van der Waals surface area contributed by atoms with Crippen molar-refractivity contribution in [3.63, 3.8) is 0 Å². The average molecular weight is 394 g/mol. The SMILES string of the molecule is Cc1cccn2cc(C(=O)N3CCCC[C@@H]3CCNS(=O)(=O)N(C)C)nc12. The number of imidazole rings is 1. The molecule has 0 bridgehead atoms. The van der Waals surface area contributed by atoms with Crippen LogP contribution >= 0.6 is 0 Å². The summed E-state index contributed by atoms with van der Waals surface area (Å²) in [6.07, 6.45) is 7.12. The van der Waals surface area contributed by atoms with Crippen LogP contribution in [0.3, 0.4) is 0 Å². The van der Waals surface area contributed by atoms with Gasteiger partial charge >= 0.3 is 0 Å². The highest BCUT2D eigenvalue weighted by Crippen LogP contribution is 2.22. The predicted molar refractivity (Wildman–Crippen MR) is 104 cm³/mol. The highest BCUT2D eigenvalue weighted by Gasteiger charge is 2.29. The second-order valence-corrected chi connectivity index (χ2v) is 9.14. The van der Waals surface area contributed by atoms with Crippen LogP contribution in [0.1, 0.15) is 41.7 Å². The number of likely N-dealkylation sites (tertiary alicyclic amines) is 1. The van der Waals surface area contributed by atoms with Crippen molar-refractivity contribution in [1.82, 2.24) is 23.3 Å². The van der Waals surface area contributed by atoms with Gasteiger partial charge in [0.25, 0.3) is 16.1 Å². The fourth-order valence-electron chi connectivity index (χ4n) is 3.46. The molecule has 3 rings (SSSR count). The van der Waals surface area contributed by atoms with Gasteiger partial charge in [-0.25, -0.2) is 9.71 Å². The Kier molecular flexibility index (Phi) is 5.83. The van der Waals surface area contributed by atoms with Gasteiger partial charge in [0, 0.05) is 45.6 Å². The Balaban J connectivity index is 1.72. The van der Waals surface area contributed by atoms with Gasteiger partial charge < -0.3 is 9.30 Å². The molecule has 0 spiro atoms. The van der Waals surface area contributed by atoms with Crippen LogP contribution in [-0.4, -0.2) is 66.1 Å². The van der Waals surface area contributed by atoms with Crippen LogP contribution in [0.25, 0.3) is 5.65 Å². The molecule has 9 heteroatoms. The predicted octanol–water partition coefficient (Wildman–Crippen LogP) is 1.42. The van der Waals surface area contributed by atoms with Gasteiger partial charge in [-0.1, -0.05) is 6.07 Å². The van der Waals surface area contributed by atoms with Gasteiger partial charge in [0.1, 0.15) is 11.3 Å². The molecule has 1 aliphatic heterocycles. The molecule has 1 amide bonds. The monoisotopic (exact) mass is 393 g/mol. The fraction of sp³-hybridized carbons (Fsp3) is 0.556. The number of pyridine rings is 1. The van der Waals surface area contributed by atoms with Gasteiger partial charge in [-0.2, -0.15) is 12.7 Å². The van der Waals surface area contributed by atoms with Crippen molar-refractivity contribution in [2.75, 3.05) is 27.2 Å². The zero-order valence-corrected chi connectivity index (χ0v) is 16.9. The van der Waals surface area contributed by atoms with E-state index < -0.39 is 10.2 Å². The number of aromatic nitrogens is 2. The number of carbonyl (C=O) groups excluding carboxylic acids is 1. The van der Waals surface area contributed by atoms with E-state index in [0.717, 1.165) is 34.8 Å². The van der Waals surface area contributed by atoms with Crippen LogP contribution in [0.4, 0.5) is 0 Å². The molecule has 0 aliphatic carbocycles. The summed E-state index contributed by atoms with van der Waals surface area (Å²) in [5.74, 6) is -0.0849. The molecule has 0 radical (unpaired) electrons. The molecule has 27 heavy (non-hydrogen) atoms. The highest BCUT2D eigenvalue weighted by atomic mass is 32.2. The first-order valence-corrected chi connectivity index (χ1v) is 10.7. The van der Waals surface area contributed by atoms with Crippen LogP contribution in [0.2, 0.25) is 0 Å². The maximum atomic E-state index is 13.1. The first kappa shape index (κ1) is 19.8. The minimum Gasteiger partial charge on any atom is -0.334 e. The molecule has 2 aromatic rings.